The van der Waals surface area contributed by atoms with Gasteiger partial charge >= 0.3 is 6.18 Å². The molecule has 6 heterocycles. The van der Waals surface area contributed by atoms with Crippen LogP contribution in [0.2, 0.25) is 0 Å². The summed E-state index contributed by atoms with van der Waals surface area (Å²) in [6.07, 6.45) is 1.66. The maximum absolute atomic E-state index is 14.5. The maximum atomic E-state index is 14.5. The molecule has 0 aromatic carbocycles. The van der Waals surface area contributed by atoms with Crippen molar-refractivity contribution in [1.29, 1.82) is 0 Å². The molecule has 15 heteroatoms. The molecule has 7 aliphatic rings. The average molecular weight is 740 g/mol. The first kappa shape index (κ1) is 36.9. The Labute approximate surface area is 301 Å². The molecule has 2 aliphatic carbocycles. The van der Waals surface area contributed by atoms with E-state index in [2.05, 4.69) is 24.1 Å². The molecular weight excluding hydrogens is 687 g/mol. The molecule has 8 rings (SSSR count). The van der Waals surface area contributed by atoms with Gasteiger partial charge in [-0.2, -0.15) is 13.2 Å². The van der Waals surface area contributed by atoms with E-state index < -0.39 is 35.3 Å². The van der Waals surface area contributed by atoms with Crippen LogP contribution in [-0.2, 0) is 34.8 Å². The fraction of sp³-hybridized carbons (Fsp3) is 0.833. The zero-order chi connectivity index (χ0) is 36.3. The summed E-state index contributed by atoms with van der Waals surface area (Å²) in [4.78, 5) is 51.4. The number of alkyl halides is 3. The van der Waals surface area contributed by atoms with Gasteiger partial charge in [-0.3, -0.25) is 14.4 Å². The van der Waals surface area contributed by atoms with Crippen molar-refractivity contribution in [3.05, 3.63) is 11.1 Å². The number of carbonyl (C=O) groups excluding carboxylic acids is 3. The van der Waals surface area contributed by atoms with Gasteiger partial charge in [0.1, 0.15) is 6.04 Å². The first-order chi connectivity index (χ1) is 24.1. The lowest BCUT2D eigenvalue weighted by atomic mass is 9.70. The van der Waals surface area contributed by atoms with Gasteiger partial charge in [0, 0.05) is 68.5 Å². The smallest absolute Gasteiger partial charge is 0.384 e. The summed E-state index contributed by atoms with van der Waals surface area (Å²) in [6.45, 7) is 9.69. The third-order valence-electron chi connectivity index (χ3n) is 12.7. The van der Waals surface area contributed by atoms with Crippen molar-refractivity contribution in [2.24, 2.45) is 34.0 Å². The van der Waals surface area contributed by atoms with E-state index in [1.165, 1.54) is 0 Å². The number of anilines is 1. The Morgan fingerprint density at radius 3 is 2.43 bits per heavy atom. The number of rotatable bonds is 11. The molecule has 2 saturated carbocycles. The fourth-order valence-corrected chi connectivity index (χ4v) is 10.0. The topological polar surface area (TPSA) is 114 Å². The summed E-state index contributed by atoms with van der Waals surface area (Å²) in [5.41, 5.74) is -1.82. The van der Waals surface area contributed by atoms with E-state index >= 15 is 0 Å². The molecule has 3 amide bonds. The zero-order valence-corrected chi connectivity index (χ0v) is 31.0. The second-order valence-corrected chi connectivity index (χ2v) is 17.8. The Morgan fingerprint density at radius 1 is 1.10 bits per heavy atom. The second-order valence-electron chi connectivity index (χ2n) is 17.0. The highest BCUT2D eigenvalue weighted by molar-refractivity contribution is 7.13. The molecule has 1 aromatic rings. The molecule has 11 nitrogen and oxygen atoms in total. The molecule has 2 bridgehead atoms. The van der Waals surface area contributed by atoms with Gasteiger partial charge < -0.3 is 34.2 Å². The van der Waals surface area contributed by atoms with E-state index in [9.17, 15) is 27.6 Å². The number of piperidine rings is 1. The van der Waals surface area contributed by atoms with Gasteiger partial charge in [-0.15, -0.1) is 11.3 Å². The number of fused-ring (bicyclic) bond motifs is 3. The van der Waals surface area contributed by atoms with Crippen LogP contribution < -0.4 is 10.2 Å². The minimum atomic E-state index is -4.58. The third kappa shape index (κ3) is 7.37. The minimum Gasteiger partial charge on any atom is -0.384 e. The molecule has 7 fully saturated rings. The van der Waals surface area contributed by atoms with Crippen molar-refractivity contribution in [2.45, 2.75) is 90.1 Å². The number of ether oxygens (including phenoxy) is 3. The Morgan fingerprint density at radius 2 is 1.82 bits per heavy atom. The summed E-state index contributed by atoms with van der Waals surface area (Å²) in [5, 5.41) is 4.29. The van der Waals surface area contributed by atoms with Crippen LogP contribution >= 0.6 is 11.3 Å². The molecule has 5 aliphatic heterocycles. The van der Waals surface area contributed by atoms with Crippen LogP contribution in [0.5, 0.6) is 0 Å². The Kier molecular flexibility index (Phi) is 9.92. The van der Waals surface area contributed by atoms with E-state index in [4.69, 9.17) is 14.2 Å². The van der Waals surface area contributed by atoms with E-state index in [1.807, 2.05) is 6.92 Å². The van der Waals surface area contributed by atoms with Crippen molar-refractivity contribution in [3.63, 3.8) is 0 Å². The van der Waals surface area contributed by atoms with E-state index in [0.717, 1.165) is 61.7 Å². The van der Waals surface area contributed by atoms with Gasteiger partial charge in [0.2, 0.25) is 17.7 Å². The highest BCUT2D eigenvalue weighted by atomic mass is 32.1. The maximum Gasteiger partial charge on any atom is 0.434 e. The number of nitrogens with zero attached hydrogens (tertiary/aromatic N) is 4. The SMILES string of the molecule is COC[C@H]1CCCN(C(=O)[C@H](NC(=O)[C@@H]2CN(c3nc(C(F)(F)F)cs3)CC23CN(C(=O)[C@H]2CC2(C)C)C3)[C@@H](C)OCC23CCC(CC2)OC3)C1. The number of methoxy groups -OCH3 is 1. The van der Waals surface area contributed by atoms with Crippen molar-refractivity contribution >= 4 is 34.2 Å². The molecule has 1 aromatic heterocycles. The quantitative estimate of drug-likeness (QED) is 0.360. The monoisotopic (exact) mass is 739 g/mol. The number of nitrogens with one attached hydrogen (secondary N) is 1. The van der Waals surface area contributed by atoms with Crippen LogP contribution in [0.1, 0.15) is 71.4 Å². The average Bonchev–Trinajstić information content (AvgIpc) is 3.42. The fourth-order valence-electron chi connectivity index (χ4n) is 9.18. The van der Waals surface area contributed by atoms with Crippen LogP contribution in [0.4, 0.5) is 18.3 Å². The standard InChI is InChI=1S/C36H52F3N5O6S/c1-22(49-20-34-9-7-24(8-10-34)50-21-34)28(31(47)42-11-5-6-23(13-42)15-48-4)41-29(45)26-14-43(32-40-27(16-51-32)36(37,38)39)17-35(26)18-44(19-35)30(46)25-12-33(25,2)3/h16,22-26,28H,5-15,17-21H2,1-4H3,(H,41,45)/t22-,23+,24?,25-,26+,28-,34?/m1/s1. The predicted octanol–water partition coefficient (Wildman–Crippen LogP) is 4.21. The Hall–Kier alpha value is -2.49. The van der Waals surface area contributed by atoms with Crippen LogP contribution in [0.3, 0.4) is 0 Å². The third-order valence-corrected chi connectivity index (χ3v) is 13.6. The minimum absolute atomic E-state index is 0.0581. The largest absolute Gasteiger partial charge is 0.434 e. The van der Waals surface area contributed by atoms with Crippen LogP contribution in [0.15, 0.2) is 5.38 Å². The lowest BCUT2D eigenvalue weighted by Gasteiger charge is -2.51. The van der Waals surface area contributed by atoms with Crippen molar-refractivity contribution in [1.82, 2.24) is 20.1 Å². The van der Waals surface area contributed by atoms with Crippen LogP contribution in [0.25, 0.3) is 0 Å². The second kappa shape index (κ2) is 13.7. The summed E-state index contributed by atoms with van der Waals surface area (Å²) in [5.74, 6) is -1.07. The number of carbonyl (C=O) groups is 3. The number of hydrogen-bond donors (Lipinski definition) is 1. The molecule has 1 N–H and O–H groups in total. The van der Waals surface area contributed by atoms with E-state index in [1.54, 1.807) is 21.8 Å². The number of thiazole rings is 1. The lowest BCUT2D eigenvalue weighted by Crippen LogP contribution is -2.65. The van der Waals surface area contributed by atoms with Gasteiger partial charge in [-0.1, -0.05) is 13.8 Å². The summed E-state index contributed by atoms with van der Waals surface area (Å²) < 4.78 is 58.4. The number of likely N-dealkylation sites (tertiary alicyclic amines) is 2. The van der Waals surface area contributed by atoms with E-state index in [0.29, 0.717) is 52.1 Å². The van der Waals surface area contributed by atoms with Crippen LogP contribution in [-0.4, -0.2) is 117 Å². The van der Waals surface area contributed by atoms with Crippen molar-refractivity contribution in [3.8, 4) is 0 Å². The van der Waals surface area contributed by atoms with Gasteiger partial charge in [0.05, 0.1) is 37.9 Å². The number of hydrogen-bond acceptors (Lipinski definition) is 9. The highest BCUT2D eigenvalue weighted by Crippen LogP contribution is 2.55. The lowest BCUT2D eigenvalue weighted by molar-refractivity contribution is -0.160. The Bertz CT molecular complexity index is 1460. The molecule has 51 heavy (non-hydrogen) atoms. The first-order valence-electron chi connectivity index (χ1n) is 18.5. The predicted molar refractivity (Wildman–Crippen MR) is 183 cm³/mol. The van der Waals surface area contributed by atoms with Crippen LogP contribution in [0, 0.1) is 34.0 Å². The Balaban J connectivity index is 1.11. The van der Waals surface area contributed by atoms with Gasteiger partial charge in [-0.25, -0.2) is 4.98 Å². The molecule has 284 valence electrons. The molecular formula is C36H52F3N5O6S. The summed E-state index contributed by atoms with van der Waals surface area (Å²) in [7, 11) is 1.65. The number of amides is 3. The number of aromatic nitrogens is 1. The van der Waals surface area contributed by atoms with Gasteiger partial charge in [0.15, 0.2) is 10.8 Å². The highest BCUT2D eigenvalue weighted by Gasteiger charge is 2.62. The van der Waals surface area contributed by atoms with Gasteiger partial charge in [-0.05, 0) is 63.2 Å². The van der Waals surface area contributed by atoms with Crippen molar-refractivity contribution in [2.75, 3.05) is 71.1 Å². The van der Waals surface area contributed by atoms with Crippen molar-refractivity contribution < 1.29 is 41.8 Å². The molecule has 1 spiro atoms. The normalized spacial score (nSPS) is 32.1. The zero-order valence-electron chi connectivity index (χ0n) is 30.1. The molecule has 0 radical (unpaired) electrons. The molecule has 0 unspecified atom stereocenters. The van der Waals surface area contributed by atoms with E-state index in [-0.39, 0.29) is 58.6 Å². The molecule has 5 saturated heterocycles. The summed E-state index contributed by atoms with van der Waals surface area (Å²) >= 11 is 0.897. The molecule has 5 atom stereocenters. The van der Waals surface area contributed by atoms with Gasteiger partial charge in [0.25, 0.3) is 0 Å². The first-order valence-corrected chi connectivity index (χ1v) is 19.4. The summed E-state index contributed by atoms with van der Waals surface area (Å²) in [6, 6.07) is -0.969. The number of halogens is 3.